The average Bonchev–Trinajstić information content (AvgIpc) is 2.31. The standard InChI is InChI=1S/C12H8Cl3NO/c13-8-2-1-3-9(14)10(8)12-11(15)7(6-17)4-5-16-12/h1-5,17H,6H2. The first kappa shape index (κ1) is 12.7. The summed E-state index contributed by atoms with van der Waals surface area (Å²) >= 11 is 18.3. The minimum Gasteiger partial charge on any atom is -0.392 e. The first-order chi connectivity index (χ1) is 8.15. The van der Waals surface area contributed by atoms with Gasteiger partial charge in [0.1, 0.15) is 0 Å². The third kappa shape index (κ3) is 2.40. The zero-order valence-electron chi connectivity index (χ0n) is 8.62. The Hall–Kier alpha value is -0.800. The molecule has 0 aliphatic carbocycles. The van der Waals surface area contributed by atoms with Gasteiger partial charge in [0, 0.05) is 11.8 Å². The molecule has 0 saturated carbocycles. The number of aliphatic hydroxyl groups excluding tert-OH is 1. The summed E-state index contributed by atoms with van der Waals surface area (Å²) in [5.74, 6) is 0. The fourth-order valence-corrected chi connectivity index (χ4v) is 2.35. The van der Waals surface area contributed by atoms with Crippen molar-refractivity contribution in [2.75, 3.05) is 0 Å². The van der Waals surface area contributed by atoms with E-state index in [2.05, 4.69) is 4.98 Å². The van der Waals surface area contributed by atoms with Crippen LogP contribution in [0.3, 0.4) is 0 Å². The number of aromatic nitrogens is 1. The molecule has 0 aliphatic rings. The van der Waals surface area contributed by atoms with E-state index in [-0.39, 0.29) is 6.61 Å². The van der Waals surface area contributed by atoms with E-state index in [0.717, 1.165) is 0 Å². The Morgan fingerprint density at radius 1 is 1.06 bits per heavy atom. The van der Waals surface area contributed by atoms with Gasteiger partial charge in [-0.05, 0) is 23.8 Å². The van der Waals surface area contributed by atoms with Crippen LogP contribution < -0.4 is 0 Å². The predicted molar refractivity (Wildman–Crippen MR) is 70.6 cm³/mol. The monoisotopic (exact) mass is 287 g/mol. The summed E-state index contributed by atoms with van der Waals surface area (Å²) < 4.78 is 0. The lowest BCUT2D eigenvalue weighted by atomic mass is 10.1. The Bertz CT molecular complexity index is 537. The van der Waals surface area contributed by atoms with Crippen LogP contribution in [0.5, 0.6) is 0 Å². The van der Waals surface area contributed by atoms with Gasteiger partial charge >= 0.3 is 0 Å². The molecular formula is C12H8Cl3NO. The van der Waals surface area contributed by atoms with Crippen molar-refractivity contribution in [1.29, 1.82) is 0 Å². The number of hydrogen-bond donors (Lipinski definition) is 1. The van der Waals surface area contributed by atoms with Gasteiger partial charge in [0.25, 0.3) is 0 Å². The van der Waals surface area contributed by atoms with Gasteiger partial charge in [-0.15, -0.1) is 0 Å². The maximum atomic E-state index is 9.15. The highest BCUT2D eigenvalue weighted by Gasteiger charge is 2.15. The van der Waals surface area contributed by atoms with Gasteiger partial charge in [-0.25, -0.2) is 0 Å². The first-order valence-electron chi connectivity index (χ1n) is 4.83. The molecule has 0 fully saturated rings. The van der Waals surface area contributed by atoms with Crippen molar-refractivity contribution in [2.24, 2.45) is 0 Å². The van der Waals surface area contributed by atoms with Crippen LogP contribution in [0.1, 0.15) is 5.56 Å². The number of nitrogens with zero attached hydrogens (tertiary/aromatic N) is 1. The molecule has 88 valence electrons. The zero-order chi connectivity index (χ0) is 12.4. The fourth-order valence-electron chi connectivity index (χ4n) is 1.50. The highest BCUT2D eigenvalue weighted by atomic mass is 35.5. The lowest BCUT2D eigenvalue weighted by Gasteiger charge is -2.10. The quantitative estimate of drug-likeness (QED) is 0.898. The summed E-state index contributed by atoms with van der Waals surface area (Å²) in [6.07, 6.45) is 1.56. The first-order valence-corrected chi connectivity index (χ1v) is 5.97. The average molecular weight is 289 g/mol. The van der Waals surface area contributed by atoms with Crippen molar-refractivity contribution in [3.05, 3.63) is 51.1 Å². The van der Waals surface area contributed by atoms with E-state index in [4.69, 9.17) is 39.9 Å². The predicted octanol–water partition coefficient (Wildman–Crippen LogP) is 4.20. The molecule has 0 amide bonds. The van der Waals surface area contributed by atoms with E-state index in [1.54, 1.807) is 30.5 Å². The summed E-state index contributed by atoms with van der Waals surface area (Å²) in [6, 6.07) is 6.83. The zero-order valence-corrected chi connectivity index (χ0v) is 10.9. The lowest BCUT2D eigenvalue weighted by Crippen LogP contribution is -1.92. The topological polar surface area (TPSA) is 33.1 Å². The highest BCUT2D eigenvalue weighted by molar-refractivity contribution is 6.41. The van der Waals surface area contributed by atoms with Crippen molar-refractivity contribution < 1.29 is 5.11 Å². The number of benzene rings is 1. The number of hydrogen-bond acceptors (Lipinski definition) is 2. The Morgan fingerprint density at radius 2 is 1.71 bits per heavy atom. The molecule has 1 heterocycles. The van der Waals surface area contributed by atoms with Crippen molar-refractivity contribution in [3.8, 4) is 11.3 Å². The number of rotatable bonds is 2. The molecule has 1 N–H and O–H groups in total. The van der Waals surface area contributed by atoms with Crippen molar-refractivity contribution >= 4 is 34.8 Å². The molecule has 0 aliphatic heterocycles. The van der Waals surface area contributed by atoms with Gasteiger partial charge in [0.2, 0.25) is 0 Å². The van der Waals surface area contributed by atoms with E-state index in [0.29, 0.717) is 31.9 Å². The van der Waals surface area contributed by atoms with E-state index < -0.39 is 0 Å². The minimum atomic E-state index is -0.156. The summed E-state index contributed by atoms with van der Waals surface area (Å²) in [6.45, 7) is -0.156. The molecule has 0 unspecified atom stereocenters. The molecule has 5 heteroatoms. The lowest BCUT2D eigenvalue weighted by molar-refractivity contribution is 0.282. The van der Waals surface area contributed by atoms with Crippen molar-refractivity contribution in [3.63, 3.8) is 0 Å². The molecule has 17 heavy (non-hydrogen) atoms. The largest absolute Gasteiger partial charge is 0.392 e. The van der Waals surface area contributed by atoms with Crippen molar-refractivity contribution in [2.45, 2.75) is 6.61 Å². The number of halogens is 3. The van der Waals surface area contributed by atoms with Crippen LogP contribution in [0.2, 0.25) is 15.1 Å². The van der Waals surface area contributed by atoms with Gasteiger partial charge in [0.05, 0.1) is 27.4 Å². The van der Waals surface area contributed by atoms with E-state index >= 15 is 0 Å². The molecule has 2 nitrogen and oxygen atoms in total. The Morgan fingerprint density at radius 3 is 2.29 bits per heavy atom. The molecule has 0 bridgehead atoms. The molecule has 0 saturated heterocycles. The maximum Gasteiger partial charge on any atom is 0.0921 e. The second kappa shape index (κ2) is 5.23. The van der Waals surface area contributed by atoms with E-state index in [1.165, 1.54) is 0 Å². The van der Waals surface area contributed by atoms with Crippen LogP contribution in [0, 0.1) is 0 Å². The minimum absolute atomic E-state index is 0.156. The summed E-state index contributed by atoms with van der Waals surface area (Å²) in [7, 11) is 0. The molecule has 2 aromatic rings. The number of aliphatic hydroxyl groups is 1. The van der Waals surface area contributed by atoms with Crippen LogP contribution in [-0.2, 0) is 6.61 Å². The molecule has 1 aromatic carbocycles. The Kier molecular flexibility index (Phi) is 3.89. The molecule has 1 aromatic heterocycles. The molecular weight excluding hydrogens is 280 g/mol. The van der Waals surface area contributed by atoms with Crippen LogP contribution in [0.25, 0.3) is 11.3 Å². The summed E-state index contributed by atoms with van der Waals surface area (Å²) in [4.78, 5) is 4.17. The van der Waals surface area contributed by atoms with Gasteiger partial charge in [-0.1, -0.05) is 40.9 Å². The smallest absolute Gasteiger partial charge is 0.0921 e. The molecule has 0 spiro atoms. The maximum absolute atomic E-state index is 9.15. The van der Waals surface area contributed by atoms with Gasteiger partial charge < -0.3 is 5.11 Å². The Labute approximate surface area is 114 Å². The SMILES string of the molecule is OCc1ccnc(-c2c(Cl)cccc2Cl)c1Cl. The van der Waals surface area contributed by atoms with Crippen LogP contribution >= 0.6 is 34.8 Å². The van der Waals surface area contributed by atoms with Gasteiger partial charge in [-0.2, -0.15) is 0 Å². The van der Waals surface area contributed by atoms with Gasteiger partial charge in [-0.3, -0.25) is 4.98 Å². The van der Waals surface area contributed by atoms with Crippen LogP contribution in [-0.4, -0.2) is 10.1 Å². The van der Waals surface area contributed by atoms with Gasteiger partial charge in [0.15, 0.2) is 0 Å². The molecule has 2 rings (SSSR count). The van der Waals surface area contributed by atoms with Crippen molar-refractivity contribution in [1.82, 2.24) is 4.98 Å². The molecule has 0 radical (unpaired) electrons. The Balaban J connectivity index is 2.69. The highest BCUT2D eigenvalue weighted by Crippen LogP contribution is 2.37. The second-order valence-electron chi connectivity index (χ2n) is 3.39. The molecule has 0 atom stereocenters. The van der Waals surface area contributed by atoms with E-state index in [9.17, 15) is 0 Å². The third-order valence-electron chi connectivity index (χ3n) is 2.34. The number of pyridine rings is 1. The van der Waals surface area contributed by atoms with Crippen LogP contribution in [0.15, 0.2) is 30.5 Å². The fraction of sp³-hybridized carbons (Fsp3) is 0.0833. The normalized spacial score (nSPS) is 10.6. The van der Waals surface area contributed by atoms with Crippen LogP contribution in [0.4, 0.5) is 0 Å². The summed E-state index contributed by atoms with van der Waals surface area (Å²) in [5.41, 5.74) is 1.65. The van der Waals surface area contributed by atoms with E-state index in [1.807, 2.05) is 0 Å². The summed E-state index contributed by atoms with van der Waals surface area (Å²) in [5, 5.41) is 10.5. The second-order valence-corrected chi connectivity index (χ2v) is 4.58. The third-order valence-corrected chi connectivity index (χ3v) is 3.39.